The molecule has 174 valence electrons. The zero-order chi connectivity index (χ0) is 23.8. The minimum absolute atomic E-state index is 0.0266. The molecule has 0 saturated carbocycles. The molecule has 1 amide bonds. The first-order chi connectivity index (χ1) is 15.8. The smallest absolute Gasteiger partial charge is 0.268 e. The van der Waals surface area contributed by atoms with Crippen molar-refractivity contribution in [2.75, 3.05) is 18.0 Å². The minimum Gasteiger partial charge on any atom is -0.495 e. The summed E-state index contributed by atoms with van der Waals surface area (Å²) in [5.41, 5.74) is 2.38. The fourth-order valence-corrected chi connectivity index (χ4v) is 5.23. The molecule has 0 spiro atoms. The SMILES string of the molecule is COc1ccc(C)cc1S(=O)(=O)N(CC(=O)N[C@@H](C)CCc1ccccc1)c1ccccc1. The molecule has 0 unspecified atom stereocenters. The normalized spacial score (nSPS) is 12.1. The largest absolute Gasteiger partial charge is 0.495 e. The van der Waals surface area contributed by atoms with Gasteiger partial charge in [-0.3, -0.25) is 9.10 Å². The number of para-hydroxylation sites is 1. The Morgan fingerprint density at radius 3 is 2.27 bits per heavy atom. The van der Waals surface area contributed by atoms with E-state index >= 15 is 0 Å². The lowest BCUT2D eigenvalue weighted by Crippen LogP contribution is -2.43. The molecule has 0 radical (unpaired) electrons. The van der Waals surface area contributed by atoms with Crippen molar-refractivity contribution in [2.45, 2.75) is 37.6 Å². The molecule has 3 aromatic carbocycles. The minimum atomic E-state index is -4.06. The maximum Gasteiger partial charge on any atom is 0.268 e. The van der Waals surface area contributed by atoms with Gasteiger partial charge in [-0.25, -0.2) is 8.42 Å². The number of sulfonamides is 1. The number of aryl methyl sites for hydroxylation is 2. The van der Waals surface area contributed by atoms with Gasteiger partial charge in [0.25, 0.3) is 10.0 Å². The molecule has 0 aliphatic rings. The van der Waals surface area contributed by atoms with Gasteiger partial charge in [0, 0.05) is 6.04 Å². The van der Waals surface area contributed by atoms with E-state index in [1.54, 1.807) is 48.5 Å². The molecule has 0 saturated heterocycles. The summed E-state index contributed by atoms with van der Waals surface area (Å²) < 4.78 is 33.8. The number of anilines is 1. The van der Waals surface area contributed by atoms with E-state index in [1.807, 2.05) is 44.2 Å². The molecule has 3 aromatic rings. The van der Waals surface area contributed by atoms with Crippen molar-refractivity contribution in [3.8, 4) is 5.75 Å². The standard InChI is InChI=1S/C26H30N2O4S/c1-20-14-17-24(32-3)25(18-20)33(30,31)28(23-12-8-5-9-13-23)19-26(29)27-21(2)15-16-22-10-6-4-7-11-22/h4-14,17-18,21H,15-16,19H2,1-3H3,(H,27,29)/t21-/m0/s1. The second-order valence-electron chi connectivity index (χ2n) is 7.99. The zero-order valence-corrected chi connectivity index (χ0v) is 20.0. The summed E-state index contributed by atoms with van der Waals surface area (Å²) >= 11 is 0. The lowest BCUT2D eigenvalue weighted by atomic mass is 10.1. The van der Waals surface area contributed by atoms with Crippen LogP contribution in [0.3, 0.4) is 0 Å². The van der Waals surface area contributed by atoms with E-state index in [2.05, 4.69) is 5.32 Å². The van der Waals surface area contributed by atoms with Crippen LogP contribution in [0.25, 0.3) is 0 Å². The highest BCUT2D eigenvalue weighted by molar-refractivity contribution is 7.93. The molecule has 0 aliphatic heterocycles. The second-order valence-corrected chi connectivity index (χ2v) is 9.83. The predicted octanol–water partition coefficient (Wildman–Crippen LogP) is 4.34. The van der Waals surface area contributed by atoms with Crippen LogP contribution in [0.5, 0.6) is 5.75 Å². The summed E-state index contributed by atoms with van der Waals surface area (Å²) in [6.07, 6.45) is 1.57. The van der Waals surface area contributed by atoms with Crippen LogP contribution < -0.4 is 14.4 Å². The average Bonchev–Trinajstić information content (AvgIpc) is 2.82. The van der Waals surface area contributed by atoms with E-state index in [9.17, 15) is 13.2 Å². The lowest BCUT2D eigenvalue weighted by Gasteiger charge is -2.26. The van der Waals surface area contributed by atoms with Crippen LogP contribution in [0, 0.1) is 6.92 Å². The maximum absolute atomic E-state index is 13.7. The van der Waals surface area contributed by atoms with Crippen LogP contribution in [-0.4, -0.2) is 34.0 Å². The van der Waals surface area contributed by atoms with Crippen molar-refractivity contribution >= 4 is 21.6 Å². The number of carbonyl (C=O) groups excluding carboxylic acids is 1. The van der Waals surface area contributed by atoms with Crippen molar-refractivity contribution in [3.05, 3.63) is 90.0 Å². The number of carbonyl (C=O) groups is 1. The first-order valence-corrected chi connectivity index (χ1v) is 12.3. The fraction of sp³-hybridized carbons (Fsp3) is 0.269. The highest BCUT2D eigenvalue weighted by Crippen LogP contribution is 2.30. The molecule has 3 rings (SSSR count). The van der Waals surface area contributed by atoms with E-state index in [0.29, 0.717) is 5.69 Å². The van der Waals surface area contributed by atoms with Crippen molar-refractivity contribution < 1.29 is 17.9 Å². The molecule has 0 fully saturated rings. The molecule has 6 nitrogen and oxygen atoms in total. The van der Waals surface area contributed by atoms with E-state index < -0.39 is 10.0 Å². The Morgan fingerprint density at radius 2 is 1.64 bits per heavy atom. The Hall–Kier alpha value is -3.32. The molecule has 0 heterocycles. The third-order valence-electron chi connectivity index (χ3n) is 5.33. The molecule has 33 heavy (non-hydrogen) atoms. The summed E-state index contributed by atoms with van der Waals surface area (Å²) in [7, 11) is -2.63. The Balaban J connectivity index is 1.80. The third kappa shape index (κ3) is 6.35. The van der Waals surface area contributed by atoms with Gasteiger partial charge in [-0.05, 0) is 62.1 Å². The summed E-state index contributed by atoms with van der Waals surface area (Å²) in [4.78, 5) is 12.9. The number of methoxy groups -OCH3 is 1. The molecular weight excluding hydrogens is 436 g/mol. The Bertz CT molecular complexity index is 1170. The van der Waals surface area contributed by atoms with Gasteiger partial charge in [0.1, 0.15) is 17.2 Å². The quantitative estimate of drug-likeness (QED) is 0.482. The third-order valence-corrected chi connectivity index (χ3v) is 7.13. The van der Waals surface area contributed by atoms with Crippen LogP contribution in [0.15, 0.2) is 83.8 Å². The highest BCUT2D eigenvalue weighted by atomic mass is 32.2. The monoisotopic (exact) mass is 466 g/mol. The first kappa shape index (κ1) is 24.3. The Kier molecular flexibility index (Phi) is 8.11. The highest BCUT2D eigenvalue weighted by Gasteiger charge is 2.30. The second kappa shape index (κ2) is 11.0. The van der Waals surface area contributed by atoms with Crippen molar-refractivity contribution in [1.29, 1.82) is 0 Å². The summed E-state index contributed by atoms with van der Waals surface area (Å²) in [5, 5.41) is 2.94. The van der Waals surface area contributed by atoms with Gasteiger partial charge >= 0.3 is 0 Å². The molecule has 7 heteroatoms. The fourth-order valence-electron chi connectivity index (χ4n) is 3.56. The molecule has 0 bridgehead atoms. The van der Waals surface area contributed by atoms with E-state index in [0.717, 1.165) is 22.7 Å². The number of amides is 1. The number of hydrogen-bond acceptors (Lipinski definition) is 4. The van der Waals surface area contributed by atoms with E-state index in [4.69, 9.17) is 4.74 Å². The predicted molar refractivity (Wildman–Crippen MR) is 131 cm³/mol. The number of rotatable bonds is 10. The molecule has 0 aromatic heterocycles. The van der Waals surface area contributed by atoms with Crippen LogP contribution in [0.4, 0.5) is 5.69 Å². The molecule has 0 aliphatic carbocycles. The van der Waals surface area contributed by atoms with Gasteiger partial charge < -0.3 is 10.1 Å². The molecule has 1 N–H and O–H groups in total. The maximum atomic E-state index is 13.7. The van der Waals surface area contributed by atoms with Crippen LogP contribution in [0.1, 0.15) is 24.5 Å². The average molecular weight is 467 g/mol. The summed E-state index contributed by atoms with van der Waals surface area (Å²) in [6, 6.07) is 23.5. The Labute approximate surface area is 196 Å². The van der Waals surface area contributed by atoms with Crippen LogP contribution >= 0.6 is 0 Å². The number of benzene rings is 3. The van der Waals surface area contributed by atoms with Gasteiger partial charge in [-0.1, -0.05) is 54.6 Å². The number of hydrogen-bond donors (Lipinski definition) is 1. The van der Waals surface area contributed by atoms with Crippen molar-refractivity contribution in [3.63, 3.8) is 0 Å². The van der Waals surface area contributed by atoms with E-state index in [-0.39, 0.29) is 29.1 Å². The van der Waals surface area contributed by atoms with Crippen molar-refractivity contribution in [1.82, 2.24) is 5.32 Å². The van der Waals surface area contributed by atoms with Crippen LogP contribution in [-0.2, 0) is 21.2 Å². The van der Waals surface area contributed by atoms with Crippen LogP contribution in [0.2, 0.25) is 0 Å². The number of ether oxygens (including phenoxy) is 1. The van der Waals surface area contributed by atoms with Gasteiger partial charge in [-0.15, -0.1) is 0 Å². The lowest BCUT2D eigenvalue weighted by molar-refractivity contribution is -0.120. The Morgan fingerprint density at radius 1 is 1.00 bits per heavy atom. The first-order valence-electron chi connectivity index (χ1n) is 10.9. The summed E-state index contributed by atoms with van der Waals surface area (Å²) in [5.74, 6) is -0.132. The van der Waals surface area contributed by atoms with Gasteiger partial charge in [0.2, 0.25) is 5.91 Å². The van der Waals surface area contributed by atoms with Gasteiger partial charge in [-0.2, -0.15) is 0 Å². The topological polar surface area (TPSA) is 75.7 Å². The zero-order valence-electron chi connectivity index (χ0n) is 19.2. The van der Waals surface area contributed by atoms with Gasteiger partial charge in [0.05, 0.1) is 12.8 Å². The summed E-state index contributed by atoms with van der Waals surface area (Å²) in [6.45, 7) is 3.40. The van der Waals surface area contributed by atoms with Gasteiger partial charge in [0.15, 0.2) is 0 Å². The van der Waals surface area contributed by atoms with Crippen molar-refractivity contribution in [2.24, 2.45) is 0 Å². The molecular formula is C26H30N2O4S. The number of nitrogens with one attached hydrogen (secondary N) is 1. The van der Waals surface area contributed by atoms with E-state index in [1.165, 1.54) is 12.7 Å². The molecule has 1 atom stereocenters. The number of nitrogens with zero attached hydrogens (tertiary/aromatic N) is 1.